The lowest BCUT2D eigenvalue weighted by atomic mass is 10.1. The smallest absolute Gasteiger partial charge is 0.340 e. The van der Waals surface area contributed by atoms with Crippen molar-refractivity contribution in [2.24, 2.45) is 0 Å². The van der Waals surface area contributed by atoms with Gasteiger partial charge in [0.25, 0.3) is 5.69 Å². The molecule has 7 nitrogen and oxygen atoms in total. The number of nitro groups is 1. The minimum absolute atomic E-state index is 0.0693. The number of nitro benzene ring substituents is 1. The second-order valence-electron chi connectivity index (χ2n) is 4.56. The second kappa shape index (κ2) is 6.97. The van der Waals surface area contributed by atoms with E-state index in [0.29, 0.717) is 16.3 Å². The first-order valence-electron chi connectivity index (χ1n) is 6.46. The van der Waals surface area contributed by atoms with Gasteiger partial charge in [-0.1, -0.05) is 11.6 Å². The van der Waals surface area contributed by atoms with E-state index in [1.807, 2.05) is 0 Å². The topological polar surface area (TPSA) is 105 Å². The van der Waals surface area contributed by atoms with E-state index in [1.165, 1.54) is 19.2 Å². The molecule has 2 aromatic rings. The largest absolute Gasteiger partial charge is 0.496 e. The van der Waals surface area contributed by atoms with E-state index in [2.05, 4.69) is 0 Å². The highest BCUT2D eigenvalue weighted by molar-refractivity contribution is 6.30. The first kappa shape index (κ1) is 16.6. The molecule has 2 aromatic carbocycles. The van der Waals surface area contributed by atoms with Crippen LogP contribution in [0.5, 0.6) is 5.75 Å². The molecule has 0 spiro atoms. The molecule has 8 heteroatoms. The molecular weight excluding hydrogens is 324 g/mol. The normalized spacial score (nSPS) is 10.2. The first-order valence-corrected chi connectivity index (χ1v) is 6.83. The molecule has 0 bridgehead atoms. The highest BCUT2D eigenvalue weighted by Crippen LogP contribution is 2.25. The Balaban J connectivity index is 2.19. The van der Waals surface area contributed by atoms with Crippen LogP contribution in [0.1, 0.15) is 15.9 Å². The van der Waals surface area contributed by atoms with Crippen LogP contribution in [-0.4, -0.2) is 18.0 Å². The van der Waals surface area contributed by atoms with Crippen molar-refractivity contribution in [1.29, 1.82) is 0 Å². The van der Waals surface area contributed by atoms with Crippen LogP contribution in [0.3, 0.4) is 0 Å². The molecule has 120 valence electrons. The van der Waals surface area contributed by atoms with Gasteiger partial charge in [0.15, 0.2) is 0 Å². The Morgan fingerprint density at radius 2 is 2.04 bits per heavy atom. The Labute approximate surface area is 136 Å². The number of halogens is 1. The van der Waals surface area contributed by atoms with E-state index >= 15 is 0 Å². The lowest BCUT2D eigenvalue weighted by Crippen LogP contribution is -2.09. The van der Waals surface area contributed by atoms with E-state index in [4.69, 9.17) is 26.8 Å². The molecule has 0 aromatic heterocycles. The molecule has 23 heavy (non-hydrogen) atoms. The second-order valence-corrected chi connectivity index (χ2v) is 5.00. The lowest BCUT2D eigenvalue weighted by molar-refractivity contribution is -0.384. The molecule has 0 radical (unpaired) electrons. The van der Waals surface area contributed by atoms with E-state index in [1.54, 1.807) is 18.2 Å². The number of nitrogen functional groups attached to an aromatic ring is 1. The van der Waals surface area contributed by atoms with Crippen LogP contribution in [0.4, 0.5) is 11.4 Å². The highest BCUT2D eigenvalue weighted by Gasteiger charge is 2.17. The molecular formula is C15H13ClN2O5. The lowest BCUT2D eigenvalue weighted by Gasteiger charge is -2.10. The van der Waals surface area contributed by atoms with Gasteiger partial charge in [0.1, 0.15) is 12.4 Å². The maximum absolute atomic E-state index is 12.1. The van der Waals surface area contributed by atoms with Gasteiger partial charge < -0.3 is 15.2 Å². The van der Waals surface area contributed by atoms with Gasteiger partial charge >= 0.3 is 5.97 Å². The predicted molar refractivity (Wildman–Crippen MR) is 84.6 cm³/mol. The third-order valence-corrected chi connectivity index (χ3v) is 3.30. The molecule has 2 N–H and O–H groups in total. The van der Waals surface area contributed by atoms with Crippen molar-refractivity contribution in [2.45, 2.75) is 6.61 Å². The number of carbonyl (C=O) groups excluding carboxylic acids is 1. The Kier molecular flexibility index (Phi) is 5.02. The van der Waals surface area contributed by atoms with Gasteiger partial charge in [-0.05, 0) is 24.3 Å². The van der Waals surface area contributed by atoms with Crippen LogP contribution in [0.25, 0.3) is 0 Å². The zero-order valence-corrected chi connectivity index (χ0v) is 12.9. The molecule has 2 rings (SSSR count). The molecule has 0 heterocycles. The summed E-state index contributed by atoms with van der Waals surface area (Å²) < 4.78 is 10.3. The van der Waals surface area contributed by atoms with Crippen molar-refractivity contribution in [3.8, 4) is 5.75 Å². The molecule has 0 aliphatic carbocycles. The zero-order valence-electron chi connectivity index (χ0n) is 12.1. The fourth-order valence-corrected chi connectivity index (χ4v) is 2.11. The Morgan fingerprint density at radius 3 is 2.70 bits per heavy atom. The summed E-state index contributed by atoms with van der Waals surface area (Å²) in [6.07, 6.45) is 0. The molecule has 0 atom stereocenters. The zero-order chi connectivity index (χ0) is 17.0. The summed E-state index contributed by atoms with van der Waals surface area (Å²) in [6.45, 7) is -0.106. The number of benzene rings is 2. The number of carbonyl (C=O) groups is 1. The monoisotopic (exact) mass is 336 g/mol. The molecule has 0 fully saturated rings. The number of anilines is 1. The highest BCUT2D eigenvalue weighted by atomic mass is 35.5. The molecule has 0 aliphatic heterocycles. The van der Waals surface area contributed by atoms with Crippen molar-refractivity contribution < 1.29 is 19.2 Å². The number of methoxy groups -OCH3 is 1. The Hall–Kier alpha value is -2.80. The number of rotatable bonds is 5. The summed E-state index contributed by atoms with van der Waals surface area (Å²) >= 11 is 5.90. The fourth-order valence-electron chi connectivity index (χ4n) is 1.92. The summed E-state index contributed by atoms with van der Waals surface area (Å²) in [5, 5.41) is 11.2. The van der Waals surface area contributed by atoms with Gasteiger partial charge in [-0.25, -0.2) is 4.79 Å². The third-order valence-electron chi connectivity index (χ3n) is 3.07. The van der Waals surface area contributed by atoms with Crippen LogP contribution < -0.4 is 10.5 Å². The number of hydrogen-bond donors (Lipinski definition) is 1. The van der Waals surface area contributed by atoms with Gasteiger partial charge in [-0.3, -0.25) is 10.1 Å². The average molecular weight is 337 g/mol. The van der Waals surface area contributed by atoms with Crippen LogP contribution >= 0.6 is 11.6 Å². The van der Waals surface area contributed by atoms with E-state index in [-0.39, 0.29) is 23.5 Å². The third kappa shape index (κ3) is 3.89. The average Bonchev–Trinajstić information content (AvgIpc) is 2.53. The van der Waals surface area contributed by atoms with Crippen molar-refractivity contribution in [1.82, 2.24) is 0 Å². The van der Waals surface area contributed by atoms with Gasteiger partial charge in [-0.15, -0.1) is 0 Å². The maximum Gasteiger partial charge on any atom is 0.340 e. The van der Waals surface area contributed by atoms with Crippen molar-refractivity contribution in [3.05, 3.63) is 62.7 Å². The summed E-state index contributed by atoms with van der Waals surface area (Å²) in [4.78, 5) is 22.3. The minimum atomic E-state index is -0.770. The summed E-state index contributed by atoms with van der Waals surface area (Å²) in [6, 6.07) is 8.47. The van der Waals surface area contributed by atoms with Crippen LogP contribution in [0.15, 0.2) is 36.4 Å². The van der Waals surface area contributed by atoms with E-state index in [0.717, 1.165) is 6.07 Å². The van der Waals surface area contributed by atoms with Crippen molar-refractivity contribution in [2.75, 3.05) is 12.8 Å². The maximum atomic E-state index is 12.1. The van der Waals surface area contributed by atoms with Crippen LogP contribution in [-0.2, 0) is 11.3 Å². The number of esters is 1. The Bertz CT molecular complexity index is 764. The van der Waals surface area contributed by atoms with Gasteiger partial charge in [-0.2, -0.15) is 0 Å². The number of hydrogen-bond acceptors (Lipinski definition) is 6. The van der Waals surface area contributed by atoms with E-state index < -0.39 is 10.9 Å². The Morgan fingerprint density at radius 1 is 1.30 bits per heavy atom. The molecule has 0 unspecified atom stereocenters. The number of nitrogens with two attached hydrogens (primary N) is 1. The summed E-state index contributed by atoms with van der Waals surface area (Å²) in [5.74, 6) is -0.262. The molecule has 0 saturated carbocycles. The van der Waals surface area contributed by atoms with Gasteiger partial charge in [0, 0.05) is 28.4 Å². The number of non-ortho nitro benzene ring substituents is 1. The SMILES string of the molecule is COc1ccc(Cl)cc1COC(=O)c1cc([N+](=O)[O-])ccc1N. The minimum Gasteiger partial charge on any atom is -0.496 e. The molecule has 0 aliphatic rings. The molecule has 0 saturated heterocycles. The first-order chi connectivity index (χ1) is 10.9. The van der Waals surface area contributed by atoms with Crippen LogP contribution in [0.2, 0.25) is 5.02 Å². The number of nitrogens with zero attached hydrogens (tertiary/aromatic N) is 1. The van der Waals surface area contributed by atoms with Gasteiger partial charge in [0.05, 0.1) is 17.6 Å². The number of ether oxygens (including phenoxy) is 2. The van der Waals surface area contributed by atoms with E-state index in [9.17, 15) is 14.9 Å². The van der Waals surface area contributed by atoms with Crippen molar-refractivity contribution in [3.63, 3.8) is 0 Å². The van der Waals surface area contributed by atoms with Gasteiger partial charge in [0.2, 0.25) is 0 Å². The summed E-state index contributed by atoms with van der Waals surface area (Å²) in [5.41, 5.74) is 6.02. The quantitative estimate of drug-likeness (QED) is 0.389. The van der Waals surface area contributed by atoms with Crippen molar-refractivity contribution >= 4 is 28.9 Å². The molecule has 0 amide bonds. The predicted octanol–water partition coefficient (Wildman–Crippen LogP) is 3.20. The standard InChI is InChI=1S/C15H13ClN2O5/c1-22-14-5-2-10(16)6-9(14)8-23-15(19)12-7-11(18(20)21)3-4-13(12)17/h2-7H,8,17H2,1H3. The van der Waals surface area contributed by atoms with Crippen LogP contribution in [0, 0.1) is 10.1 Å². The fraction of sp³-hybridized carbons (Fsp3) is 0.133. The summed E-state index contributed by atoms with van der Waals surface area (Å²) in [7, 11) is 1.48.